The molecule has 2 N–H and O–H groups in total. The van der Waals surface area contributed by atoms with Gasteiger partial charge in [0.05, 0.1) is 6.61 Å². The lowest BCUT2D eigenvalue weighted by Gasteiger charge is -2.34. The molecule has 1 rings (SSSR count). The molecule has 0 aliphatic heterocycles. The van der Waals surface area contributed by atoms with Crippen LogP contribution in [0.2, 0.25) is 0 Å². The van der Waals surface area contributed by atoms with Crippen molar-refractivity contribution >= 4 is 0 Å². The molecule has 1 aliphatic rings. The fraction of sp³-hybridized carbons (Fsp3) is 1.00. The molecule has 0 heterocycles. The van der Waals surface area contributed by atoms with Crippen molar-refractivity contribution in [3.05, 3.63) is 0 Å². The summed E-state index contributed by atoms with van der Waals surface area (Å²) in [6.07, 6.45) is 6.50. The van der Waals surface area contributed by atoms with Crippen LogP contribution in [0.15, 0.2) is 0 Å². The van der Waals surface area contributed by atoms with E-state index in [-0.39, 0.29) is 0 Å². The van der Waals surface area contributed by atoms with Gasteiger partial charge < -0.3 is 15.2 Å². The number of hydrogen-bond donors (Lipinski definition) is 1. The first kappa shape index (κ1) is 15.9. The topological polar surface area (TPSA) is 47.7 Å². The van der Waals surface area contributed by atoms with Crippen LogP contribution in [0.25, 0.3) is 0 Å². The summed E-state index contributed by atoms with van der Waals surface area (Å²) in [7, 11) is 3.53. The maximum absolute atomic E-state index is 6.02. The van der Waals surface area contributed by atoms with Gasteiger partial charge in [-0.25, -0.2) is 0 Å². The van der Waals surface area contributed by atoms with Gasteiger partial charge in [-0.1, -0.05) is 12.8 Å². The molecule has 0 amide bonds. The Morgan fingerprint density at radius 2 is 1.78 bits per heavy atom. The Labute approximate surface area is 112 Å². The second-order valence-electron chi connectivity index (χ2n) is 5.22. The molecular weight excluding hydrogens is 228 g/mol. The third-order valence-electron chi connectivity index (χ3n) is 4.03. The molecule has 4 heteroatoms. The molecule has 18 heavy (non-hydrogen) atoms. The van der Waals surface area contributed by atoms with Crippen LogP contribution in [0.3, 0.4) is 0 Å². The van der Waals surface area contributed by atoms with Crippen LogP contribution >= 0.6 is 0 Å². The van der Waals surface area contributed by atoms with Crippen LogP contribution in [0, 0.1) is 5.92 Å². The SMILES string of the molecule is COCCCN(CCOC)C(CN)C1CCCC1. The lowest BCUT2D eigenvalue weighted by Crippen LogP contribution is -2.47. The molecule has 0 aromatic heterocycles. The minimum Gasteiger partial charge on any atom is -0.385 e. The number of ether oxygens (including phenoxy) is 2. The summed E-state index contributed by atoms with van der Waals surface area (Å²) in [5.74, 6) is 0.786. The molecule has 108 valence electrons. The normalized spacial score (nSPS) is 18.7. The highest BCUT2D eigenvalue weighted by Crippen LogP contribution is 2.30. The van der Waals surface area contributed by atoms with E-state index >= 15 is 0 Å². The third-order valence-corrected chi connectivity index (χ3v) is 4.03. The Bertz CT molecular complexity index is 196. The molecule has 0 aromatic carbocycles. The summed E-state index contributed by atoms with van der Waals surface area (Å²) in [6.45, 7) is 4.43. The van der Waals surface area contributed by atoms with Crippen LogP contribution in [0.5, 0.6) is 0 Å². The highest BCUT2D eigenvalue weighted by atomic mass is 16.5. The zero-order valence-corrected chi connectivity index (χ0v) is 12.1. The van der Waals surface area contributed by atoms with Gasteiger partial charge in [0.1, 0.15) is 0 Å². The molecule has 0 aromatic rings. The van der Waals surface area contributed by atoms with Gasteiger partial charge in [-0.2, -0.15) is 0 Å². The van der Waals surface area contributed by atoms with Gasteiger partial charge in [-0.3, -0.25) is 4.90 Å². The van der Waals surface area contributed by atoms with E-state index in [0.717, 1.165) is 45.2 Å². The van der Waals surface area contributed by atoms with Gasteiger partial charge in [0.15, 0.2) is 0 Å². The van der Waals surface area contributed by atoms with E-state index in [4.69, 9.17) is 15.2 Å². The van der Waals surface area contributed by atoms with Gasteiger partial charge >= 0.3 is 0 Å². The molecule has 1 fully saturated rings. The quantitative estimate of drug-likeness (QED) is 0.603. The number of nitrogens with two attached hydrogens (primary N) is 1. The smallest absolute Gasteiger partial charge is 0.0589 e. The molecule has 1 atom stereocenters. The van der Waals surface area contributed by atoms with E-state index in [1.54, 1.807) is 14.2 Å². The van der Waals surface area contributed by atoms with Crippen molar-refractivity contribution < 1.29 is 9.47 Å². The van der Waals surface area contributed by atoms with Gasteiger partial charge in [0.2, 0.25) is 0 Å². The van der Waals surface area contributed by atoms with Gasteiger partial charge in [-0.05, 0) is 25.2 Å². The average Bonchev–Trinajstić information content (AvgIpc) is 2.90. The number of methoxy groups -OCH3 is 2. The van der Waals surface area contributed by atoms with Crippen molar-refractivity contribution in [3.8, 4) is 0 Å². The monoisotopic (exact) mass is 258 g/mol. The first-order valence-corrected chi connectivity index (χ1v) is 7.25. The standard InChI is InChI=1S/C14H30N2O2/c1-17-10-5-8-16(9-11-18-2)14(12-15)13-6-3-4-7-13/h13-14H,3-12,15H2,1-2H3. The largest absolute Gasteiger partial charge is 0.385 e. The van der Waals surface area contributed by atoms with Crippen molar-refractivity contribution in [2.75, 3.05) is 47.1 Å². The maximum atomic E-state index is 6.02. The van der Waals surface area contributed by atoms with E-state index < -0.39 is 0 Å². The summed E-state index contributed by atoms with van der Waals surface area (Å²) in [5.41, 5.74) is 6.02. The minimum atomic E-state index is 0.527. The van der Waals surface area contributed by atoms with Gasteiger partial charge in [-0.15, -0.1) is 0 Å². The fourth-order valence-electron chi connectivity index (χ4n) is 3.05. The lowest BCUT2D eigenvalue weighted by atomic mass is 9.96. The molecule has 1 saturated carbocycles. The van der Waals surface area contributed by atoms with Crippen molar-refractivity contribution in [3.63, 3.8) is 0 Å². The average molecular weight is 258 g/mol. The summed E-state index contributed by atoms with van der Waals surface area (Å²) in [4.78, 5) is 2.51. The lowest BCUT2D eigenvalue weighted by molar-refractivity contribution is 0.0861. The molecule has 0 bridgehead atoms. The minimum absolute atomic E-state index is 0.527. The van der Waals surface area contributed by atoms with Gasteiger partial charge in [0.25, 0.3) is 0 Å². The first-order chi connectivity index (χ1) is 8.83. The molecule has 0 saturated heterocycles. The van der Waals surface area contributed by atoms with E-state index in [2.05, 4.69) is 4.90 Å². The Morgan fingerprint density at radius 1 is 1.11 bits per heavy atom. The highest BCUT2D eigenvalue weighted by molar-refractivity contribution is 4.83. The third kappa shape index (κ3) is 5.22. The highest BCUT2D eigenvalue weighted by Gasteiger charge is 2.28. The van der Waals surface area contributed by atoms with Crippen LogP contribution in [0.1, 0.15) is 32.1 Å². The summed E-state index contributed by atoms with van der Waals surface area (Å²) in [6, 6.07) is 0.527. The van der Waals surface area contributed by atoms with Crippen molar-refractivity contribution in [1.82, 2.24) is 4.90 Å². The Hall–Kier alpha value is -0.160. The Balaban J connectivity index is 2.47. The predicted octanol–water partition coefficient (Wildman–Crippen LogP) is 1.49. The van der Waals surface area contributed by atoms with Crippen LogP contribution < -0.4 is 5.73 Å². The van der Waals surface area contributed by atoms with Crippen LogP contribution in [-0.2, 0) is 9.47 Å². The van der Waals surface area contributed by atoms with Crippen molar-refractivity contribution in [1.29, 1.82) is 0 Å². The predicted molar refractivity (Wildman–Crippen MR) is 74.7 cm³/mol. The van der Waals surface area contributed by atoms with E-state index in [0.29, 0.717) is 6.04 Å². The van der Waals surface area contributed by atoms with E-state index in [1.165, 1.54) is 25.7 Å². The summed E-state index contributed by atoms with van der Waals surface area (Å²) in [5, 5.41) is 0. The summed E-state index contributed by atoms with van der Waals surface area (Å²) < 4.78 is 10.4. The summed E-state index contributed by atoms with van der Waals surface area (Å²) >= 11 is 0. The second-order valence-corrected chi connectivity index (χ2v) is 5.22. The zero-order valence-electron chi connectivity index (χ0n) is 12.1. The molecule has 0 spiro atoms. The molecular formula is C14H30N2O2. The van der Waals surface area contributed by atoms with Crippen LogP contribution in [-0.4, -0.2) is 58.0 Å². The molecule has 1 unspecified atom stereocenters. The Kier molecular flexibility index (Phi) is 8.59. The number of nitrogens with zero attached hydrogens (tertiary/aromatic N) is 1. The van der Waals surface area contributed by atoms with Crippen LogP contribution in [0.4, 0.5) is 0 Å². The van der Waals surface area contributed by atoms with Crippen molar-refractivity contribution in [2.45, 2.75) is 38.1 Å². The van der Waals surface area contributed by atoms with Crippen molar-refractivity contribution in [2.24, 2.45) is 11.7 Å². The number of hydrogen-bond acceptors (Lipinski definition) is 4. The van der Waals surface area contributed by atoms with Gasteiger partial charge in [0, 0.05) is 46.5 Å². The van der Waals surface area contributed by atoms with E-state index in [1.807, 2.05) is 0 Å². The second kappa shape index (κ2) is 9.73. The molecule has 0 radical (unpaired) electrons. The Morgan fingerprint density at radius 3 is 2.33 bits per heavy atom. The first-order valence-electron chi connectivity index (χ1n) is 7.25. The molecule has 4 nitrogen and oxygen atoms in total. The molecule has 1 aliphatic carbocycles. The van der Waals surface area contributed by atoms with E-state index in [9.17, 15) is 0 Å². The zero-order chi connectivity index (χ0) is 13.2. The fourth-order valence-corrected chi connectivity index (χ4v) is 3.05. The maximum Gasteiger partial charge on any atom is 0.0589 e. The number of rotatable bonds is 10.